The van der Waals surface area contributed by atoms with Crippen molar-refractivity contribution in [2.24, 2.45) is 10.7 Å². The van der Waals surface area contributed by atoms with Crippen molar-refractivity contribution in [1.29, 1.82) is 0 Å². The summed E-state index contributed by atoms with van der Waals surface area (Å²) in [5.74, 6) is -0.236. The van der Waals surface area contributed by atoms with Gasteiger partial charge in [-0.1, -0.05) is 6.08 Å². The summed E-state index contributed by atoms with van der Waals surface area (Å²) < 4.78 is 0. The summed E-state index contributed by atoms with van der Waals surface area (Å²) in [6, 6.07) is 0. The van der Waals surface area contributed by atoms with Crippen molar-refractivity contribution < 1.29 is 4.79 Å². The Hall–Kier alpha value is -0.810. The van der Waals surface area contributed by atoms with Crippen LogP contribution in [-0.2, 0) is 4.79 Å². The van der Waals surface area contributed by atoms with E-state index in [2.05, 4.69) is 16.0 Å². The van der Waals surface area contributed by atoms with Crippen molar-refractivity contribution in [3.63, 3.8) is 0 Å². The van der Waals surface area contributed by atoms with Gasteiger partial charge in [-0.05, 0) is 38.3 Å². The molecule has 2 N–H and O–H groups in total. The summed E-state index contributed by atoms with van der Waals surface area (Å²) in [4.78, 5) is 16.9. The Kier molecular flexibility index (Phi) is 5.88. The summed E-state index contributed by atoms with van der Waals surface area (Å²) in [5, 5.41) is 0. The second-order valence-electron chi connectivity index (χ2n) is 4.61. The maximum Gasteiger partial charge on any atom is 0.217 e. The summed E-state index contributed by atoms with van der Waals surface area (Å²) in [7, 11) is 1.77. The van der Waals surface area contributed by atoms with Gasteiger partial charge in [0.1, 0.15) is 0 Å². The number of rotatable bonds is 6. The van der Waals surface area contributed by atoms with E-state index in [1.54, 1.807) is 7.05 Å². The van der Waals surface area contributed by atoms with E-state index in [0.717, 1.165) is 37.9 Å². The van der Waals surface area contributed by atoms with Gasteiger partial charge in [-0.25, -0.2) is 0 Å². The van der Waals surface area contributed by atoms with E-state index >= 15 is 0 Å². The number of aliphatic imine (C=N–C) groups is 1. The van der Waals surface area contributed by atoms with Crippen molar-refractivity contribution in [2.45, 2.75) is 37.5 Å². The van der Waals surface area contributed by atoms with Gasteiger partial charge in [-0.15, -0.1) is 0 Å². The van der Waals surface area contributed by atoms with Gasteiger partial charge in [-0.3, -0.25) is 14.7 Å². The van der Waals surface area contributed by atoms with Crippen LogP contribution in [0.4, 0.5) is 0 Å². The molecule has 1 aliphatic heterocycles. The molecule has 18 heavy (non-hydrogen) atoms. The number of hydrogen-bond acceptors (Lipinski definition) is 4. The fourth-order valence-electron chi connectivity index (χ4n) is 2.48. The minimum absolute atomic E-state index is 0.236. The maximum absolute atomic E-state index is 10.8. The molecular formula is C13H23N3OS. The lowest BCUT2D eigenvalue weighted by Gasteiger charge is -2.35. The zero-order valence-corrected chi connectivity index (χ0v) is 12.1. The number of likely N-dealkylation sites (tertiary alicyclic amines) is 1. The van der Waals surface area contributed by atoms with Crippen LogP contribution in [0.15, 0.2) is 16.6 Å². The fraction of sp³-hybridized carbons (Fsp3) is 0.692. The molecule has 0 aromatic heterocycles. The third-order valence-electron chi connectivity index (χ3n) is 3.37. The van der Waals surface area contributed by atoms with Crippen molar-refractivity contribution in [3.8, 4) is 0 Å². The number of allylic oxidation sites excluding steroid dienone is 1. The Bertz CT molecular complexity index is 354. The van der Waals surface area contributed by atoms with E-state index < -0.39 is 0 Å². The van der Waals surface area contributed by atoms with E-state index in [4.69, 9.17) is 18.4 Å². The zero-order chi connectivity index (χ0) is 13.6. The van der Waals surface area contributed by atoms with E-state index in [-0.39, 0.29) is 10.8 Å². The van der Waals surface area contributed by atoms with Crippen LogP contribution in [0.5, 0.6) is 0 Å². The average Bonchev–Trinajstić information content (AvgIpc) is 2.68. The number of nitrogens with two attached hydrogens (primary N) is 1. The predicted octanol–water partition coefficient (Wildman–Crippen LogP) is 1.62. The third-order valence-corrected chi connectivity index (χ3v) is 4.13. The Balaban J connectivity index is 2.70. The SMILES string of the molecule is C/C=C(\C=NC)C1(S)CCCN1CCCC(N)=O. The molecule has 0 radical (unpaired) electrons. The van der Waals surface area contributed by atoms with Gasteiger partial charge in [0.15, 0.2) is 0 Å². The van der Waals surface area contributed by atoms with E-state index in [0.29, 0.717) is 6.42 Å². The first-order valence-electron chi connectivity index (χ1n) is 6.39. The molecule has 1 heterocycles. The largest absolute Gasteiger partial charge is 0.370 e. The molecule has 1 saturated heterocycles. The molecule has 1 unspecified atom stereocenters. The molecule has 0 aromatic rings. The second kappa shape index (κ2) is 6.95. The van der Waals surface area contributed by atoms with Crippen LogP contribution in [0.3, 0.4) is 0 Å². The van der Waals surface area contributed by atoms with Crippen LogP contribution < -0.4 is 5.73 Å². The van der Waals surface area contributed by atoms with Crippen molar-refractivity contribution in [1.82, 2.24) is 4.90 Å². The number of nitrogens with zero attached hydrogens (tertiary/aromatic N) is 2. The second-order valence-corrected chi connectivity index (χ2v) is 5.35. The monoisotopic (exact) mass is 269 g/mol. The van der Waals surface area contributed by atoms with Gasteiger partial charge in [0, 0.05) is 26.2 Å². The Morgan fingerprint density at radius 1 is 1.61 bits per heavy atom. The molecule has 1 fully saturated rings. The third kappa shape index (κ3) is 3.59. The molecule has 0 aliphatic carbocycles. The number of primary amides is 1. The van der Waals surface area contributed by atoms with Crippen molar-refractivity contribution >= 4 is 24.8 Å². The highest BCUT2D eigenvalue weighted by Crippen LogP contribution is 2.38. The molecule has 0 saturated carbocycles. The first-order chi connectivity index (χ1) is 8.54. The van der Waals surface area contributed by atoms with Crippen LogP contribution in [0, 0.1) is 0 Å². The van der Waals surface area contributed by atoms with Gasteiger partial charge < -0.3 is 5.73 Å². The van der Waals surface area contributed by atoms with Gasteiger partial charge in [0.25, 0.3) is 0 Å². The highest BCUT2D eigenvalue weighted by Gasteiger charge is 2.39. The van der Waals surface area contributed by atoms with E-state index in [1.165, 1.54) is 0 Å². The molecule has 1 rings (SSSR count). The fourth-order valence-corrected chi connectivity index (χ4v) is 3.02. The Morgan fingerprint density at radius 2 is 2.33 bits per heavy atom. The Morgan fingerprint density at radius 3 is 2.89 bits per heavy atom. The first kappa shape index (κ1) is 15.2. The summed E-state index contributed by atoms with van der Waals surface area (Å²) in [6.45, 7) is 3.87. The number of hydrogen-bond donors (Lipinski definition) is 2. The van der Waals surface area contributed by atoms with Crippen LogP contribution in [-0.4, -0.2) is 42.0 Å². The number of carbonyl (C=O) groups excluding carboxylic acids is 1. The molecule has 4 nitrogen and oxygen atoms in total. The topological polar surface area (TPSA) is 58.7 Å². The molecule has 0 bridgehead atoms. The number of thiol groups is 1. The number of amides is 1. The minimum Gasteiger partial charge on any atom is -0.370 e. The van der Waals surface area contributed by atoms with Gasteiger partial charge >= 0.3 is 0 Å². The number of carbonyl (C=O) groups is 1. The highest BCUT2D eigenvalue weighted by molar-refractivity contribution is 7.82. The molecule has 1 atom stereocenters. The van der Waals surface area contributed by atoms with Crippen molar-refractivity contribution in [3.05, 3.63) is 11.6 Å². The molecule has 1 amide bonds. The zero-order valence-electron chi connectivity index (χ0n) is 11.2. The lowest BCUT2D eigenvalue weighted by atomic mass is 10.0. The quantitative estimate of drug-likeness (QED) is 0.568. The van der Waals surface area contributed by atoms with E-state index in [1.807, 2.05) is 13.1 Å². The molecule has 5 heteroatoms. The molecule has 1 aliphatic rings. The van der Waals surface area contributed by atoms with Gasteiger partial charge in [0.2, 0.25) is 5.91 Å². The highest BCUT2D eigenvalue weighted by atomic mass is 32.1. The standard InChI is InChI=1S/C13H23N3OS/c1-3-11(10-15-2)13(18)7-5-9-16(13)8-4-6-12(14)17/h3,10,18H,4-9H2,1-2H3,(H2,14,17)/b11-3+,15-10?. The lowest BCUT2D eigenvalue weighted by Crippen LogP contribution is -2.41. The summed E-state index contributed by atoms with van der Waals surface area (Å²) >= 11 is 4.86. The average molecular weight is 269 g/mol. The molecular weight excluding hydrogens is 246 g/mol. The van der Waals surface area contributed by atoms with Gasteiger partial charge in [-0.2, -0.15) is 12.6 Å². The molecule has 0 aromatic carbocycles. The van der Waals surface area contributed by atoms with Crippen LogP contribution in [0.2, 0.25) is 0 Å². The van der Waals surface area contributed by atoms with Crippen LogP contribution in [0.25, 0.3) is 0 Å². The summed E-state index contributed by atoms with van der Waals surface area (Å²) in [6.07, 6.45) is 7.30. The molecule has 0 spiro atoms. The smallest absolute Gasteiger partial charge is 0.217 e. The maximum atomic E-state index is 10.8. The van der Waals surface area contributed by atoms with Crippen LogP contribution >= 0.6 is 12.6 Å². The Labute approximate surface area is 115 Å². The predicted molar refractivity (Wildman–Crippen MR) is 79.1 cm³/mol. The normalized spacial score (nSPS) is 26.1. The van der Waals surface area contributed by atoms with Crippen LogP contribution in [0.1, 0.15) is 32.6 Å². The first-order valence-corrected chi connectivity index (χ1v) is 6.84. The lowest BCUT2D eigenvalue weighted by molar-refractivity contribution is -0.118. The van der Waals surface area contributed by atoms with Gasteiger partial charge in [0.05, 0.1) is 4.87 Å². The van der Waals surface area contributed by atoms with E-state index in [9.17, 15) is 4.79 Å². The molecule has 102 valence electrons. The van der Waals surface area contributed by atoms with Crippen molar-refractivity contribution in [2.75, 3.05) is 20.1 Å². The summed E-state index contributed by atoms with van der Waals surface area (Å²) in [5.41, 5.74) is 6.30. The minimum atomic E-state index is -0.244.